The predicted octanol–water partition coefficient (Wildman–Crippen LogP) is 5.03. The minimum Gasteiger partial charge on any atom is -0.296 e. The molecule has 0 spiro atoms. The van der Waals surface area contributed by atoms with Crippen LogP contribution in [0.4, 0.5) is 0 Å². The Bertz CT molecular complexity index is 1300. The van der Waals surface area contributed by atoms with Crippen molar-refractivity contribution in [2.75, 3.05) is 0 Å². The highest BCUT2D eigenvalue weighted by Crippen LogP contribution is 2.33. The first kappa shape index (κ1) is 23.2. The largest absolute Gasteiger partial charge is 0.328 e. The van der Waals surface area contributed by atoms with Gasteiger partial charge in [0.25, 0.3) is 0 Å². The van der Waals surface area contributed by atoms with Crippen molar-refractivity contribution in [1.82, 2.24) is 34.7 Å². The molecule has 1 aromatic carbocycles. The number of unbranched alkanes of at least 4 members (excludes halogenated alkanes) is 1. The van der Waals surface area contributed by atoms with E-state index in [4.69, 9.17) is 4.98 Å². The van der Waals surface area contributed by atoms with Gasteiger partial charge in [0.2, 0.25) is 0 Å². The zero-order valence-electron chi connectivity index (χ0n) is 20.5. The molecule has 1 aliphatic rings. The van der Waals surface area contributed by atoms with Crippen LogP contribution in [-0.2, 0) is 13.0 Å². The molecule has 0 bridgehead atoms. The molecule has 1 aliphatic carbocycles. The summed E-state index contributed by atoms with van der Waals surface area (Å²) in [6.07, 6.45) is 11.9. The number of nitrogens with zero attached hydrogens (tertiary/aromatic N) is 6. The van der Waals surface area contributed by atoms with Gasteiger partial charge < -0.3 is 0 Å². The summed E-state index contributed by atoms with van der Waals surface area (Å²) in [6.45, 7) is 5.01. The zero-order valence-corrected chi connectivity index (χ0v) is 20.5. The van der Waals surface area contributed by atoms with Gasteiger partial charge in [-0.2, -0.15) is 0 Å². The third-order valence-electron chi connectivity index (χ3n) is 7.27. The van der Waals surface area contributed by atoms with Crippen LogP contribution in [0.15, 0.2) is 53.6 Å². The monoisotopic (exact) mass is 471 g/mol. The van der Waals surface area contributed by atoms with Crippen LogP contribution in [0.25, 0.3) is 22.6 Å². The first-order valence-electron chi connectivity index (χ1n) is 12.7. The lowest BCUT2D eigenvalue weighted by Gasteiger charge is -2.29. The Kier molecular flexibility index (Phi) is 6.88. The Morgan fingerprint density at radius 1 is 1.09 bits per heavy atom. The number of tetrazole rings is 1. The van der Waals surface area contributed by atoms with E-state index in [-0.39, 0.29) is 5.69 Å². The minimum absolute atomic E-state index is 0.113. The molecule has 3 aromatic heterocycles. The highest BCUT2D eigenvalue weighted by Gasteiger charge is 2.26. The van der Waals surface area contributed by atoms with Gasteiger partial charge in [0.05, 0.1) is 12.2 Å². The third kappa shape index (κ3) is 4.83. The minimum atomic E-state index is 0.113. The van der Waals surface area contributed by atoms with E-state index in [9.17, 15) is 4.79 Å². The van der Waals surface area contributed by atoms with Crippen molar-refractivity contribution in [3.05, 3.63) is 70.5 Å². The first-order chi connectivity index (χ1) is 17.2. The number of imidazole rings is 1. The second kappa shape index (κ2) is 10.4. The van der Waals surface area contributed by atoms with Gasteiger partial charge in [-0.15, -0.1) is 5.10 Å². The molecule has 35 heavy (non-hydrogen) atoms. The molecule has 1 fully saturated rings. The zero-order chi connectivity index (χ0) is 24.2. The molecule has 182 valence electrons. The van der Waals surface area contributed by atoms with Crippen LogP contribution in [0.2, 0.25) is 0 Å². The third-order valence-corrected chi connectivity index (χ3v) is 7.27. The number of hydrogen-bond acceptors (Lipinski definition) is 5. The number of pyridine rings is 1. The van der Waals surface area contributed by atoms with E-state index in [2.05, 4.69) is 46.7 Å². The smallest absolute Gasteiger partial charge is 0.296 e. The molecule has 0 saturated heterocycles. The van der Waals surface area contributed by atoms with Crippen molar-refractivity contribution in [3.8, 4) is 22.6 Å². The lowest BCUT2D eigenvalue weighted by molar-refractivity contribution is 0.251. The van der Waals surface area contributed by atoms with Crippen molar-refractivity contribution < 1.29 is 0 Å². The summed E-state index contributed by atoms with van der Waals surface area (Å²) in [6, 6.07) is 12.3. The Hall–Kier alpha value is -3.55. The highest BCUT2D eigenvalue weighted by molar-refractivity contribution is 5.78. The fourth-order valence-corrected chi connectivity index (χ4v) is 5.27. The number of hydrogen-bond donors (Lipinski definition) is 1. The second-order valence-corrected chi connectivity index (χ2v) is 9.68. The van der Waals surface area contributed by atoms with E-state index in [1.807, 2.05) is 45.7 Å². The molecular weight excluding hydrogens is 438 g/mol. The van der Waals surface area contributed by atoms with Gasteiger partial charge in [0.1, 0.15) is 0 Å². The van der Waals surface area contributed by atoms with Gasteiger partial charge in [0, 0.05) is 35.3 Å². The van der Waals surface area contributed by atoms with Gasteiger partial charge in [-0.05, 0) is 53.7 Å². The average Bonchev–Trinajstić information content (AvgIpc) is 3.53. The van der Waals surface area contributed by atoms with Gasteiger partial charge in [-0.3, -0.25) is 14.1 Å². The van der Waals surface area contributed by atoms with Crippen molar-refractivity contribution in [3.63, 3.8) is 0 Å². The number of rotatable bonds is 8. The van der Waals surface area contributed by atoms with Crippen LogP contribution in [-0.4, -0.2) is 34.7 Å². The van der Waals surface area contributed by atoms with Crippen molar-refractivity contribution >= 4 is 0 Å². The number of H-pyrrole nitrogens is 1. The molecule has 1 N–H and O–H groups in total. The average molecular weight is 472 g/mol. The number of aromatic nitrogens is 7. The fraction of sp³-hybridized carbons (Fsp3) is 0.444. The van der Waals surface area contributed by atoms with Crippen molar-refractivity contribution in [1.29, 1.82) is 0 Å². The van der Waals surface area contributed by atoms with E-state index in [0.29, 0.717) is 24.3 Å². The molecule has 0 amide bonds. The van der Waals surface area contributed by atoms with E-state index in [1.54, 1.807) is 0 Å². The molecule has 4 aromatic rings. The van der Waals surface area contributed by atoms with Gasteiger partial charge in [-0.1, -0.05) is 63.4 Å². The first-order valence-corrected chi connectivity index (χ1v) is 12.7. The van der Waals surface area contributed by atoms with Crippen LogP contribution in [0.1, 0.15) is 69.7 Å². The normalized spacial score (nSPS) is 18.1. The van der Waals surface area contributed by atoms with E-state index >= 15 is 0 Å². The van der Waals surface area contributed by atoms with Crippen LogP contribution in [0.5, 0.6) is 0 Å². The molecule has 0 radical (unpaired) electrons. The van der Waals surface area contributed by atoms with Crippen LogP contribution in [0.3, 0.4) is 0 Å². The number of nitrogens with one attached hydrogen (secondary N) is 1. The molecule has 8 nitrogen and oxygen atoms in total. The van der Waals surface area contributed by atoms with Crippen LogP contribution in [0, 0.1) is 5.92 Å². The summed E-state index contributed by atoms with van der Waals surface area (Å²) in [5.41, 5.74) is 4.95. The summed E-state index contributed by atoms with van der Waals surface area (Å²) in [7, 11) is 0. The molecule has 3 heterocycles. The standard InChI is InChI=1S/C27H33N7O/c1-3-4-10-21-18-34(25-13-8-5-9-19(25)2)27(35)33(21)17-20-14-15-24(28-16-20)22-11-6-7-12-23(22)26-29-31-32-30-26/h6-7,11-12,14-16,18-19,25H,3-5,8-10,13,17H2,1-2H3,(H,29,30,31,32). The summed E-state index contributed by atoms with van der Waals surface area (Å²) in [5, 5.41) is 14.3. The quantitative estimate of drug-likeness (QED) is 0.389. The second-order valence-electron chi connectivity index (χ2n) is 9.68. The molecule has 5 rings (SSSR count). The van der Waals surface area contributed by atoms with Gasteiger partial charge in [-0.25, -0.2) is 9.89 Å². The summed E-state index contributed by atoms with van der Waals surface area (Å²) < 4.78 is 3.99. The predicted molar refractivity (Wildman–Crippen MR) is 136 cm³/mol. The molecule has 8 heteroatoms. The summed E-state index contributed by atoms with van der Waals surface area (Å²) in [4.78, 5) is 18.3. The maximum Gasteiger partial charge on any atom is 0.328 e. The van der Waals surface area contributed by atoms with E-state index in [1.165, 1.54) is 19.3 Å². The highest BCUT2D eigenvalue weighted by atomic mass is 16.1. The Balaban J connectivity index is 1.43. The fourth-order valence-electron chi connectivity index (χ4n) is 5.27. The summed E-state index contributed by atoms with van der Waals surface area (Å²) >= 11 is 0. The number of aromatic amines is 1. The van der Waals surface area contributed by atoms with E-state index in [0.717, 1.165) is 53.8 Å². The topological polar surface area (TPSA) is 94.3 Å². The molecule has 1 saturated carbocycles. The maximum atomic E-state index is 13.5. The van der Waals surface area contributed by atoms with Crippen LogP contribution < -0.4 is 5.69 Å². The van der Waals surface area contributed by atoms with Crippen molar-refractivity contribution in [2.24, 2.45) is 5.92 Å². The Morgan fingerprint density at radius 2 is 1.91 bits per heavy atom. The Morgan fingerprint density at radius 3 is 2.63 bits per heavy atom. The summed E-state index contributed by atoms with van der Waals surface area (Å²) in [5.74, 6) is 1.15. The maximum absolute atomic E-state index is 13.5. The molecule has 2 unspecified atom stereocenters. The number of aryl methyl sites for hydroxylation is 1. The van der Waals surface area contributed by atoms with E-state index < -0.39 is 0 Å². The number of benzene rings is 1. The van der Waals surface area contributed by atoms with Gasteiger partial charge in [0.15, 0.2) is 5.82 Å². The van der Waals surface area contributed by atoms with Crippen LogP contribution >= 0.6 is 0 Å². The van der Waals surface area contributed by atoms with Crippen molar-refractivity contribution in [2.45, 2.75) is 71.4 Å². The molecule has 0 aliphatic heterocycles. The molecule has 2 atom stereocenters. The molecular formula is C27H33N7O. The van der Waals surface area contributed by atoms with Gasteiger partial charge >= 0.3 is 5.69 Å². The lowest BCUT2D eigenvalue weighted by Crippen LogP contribution is -2.32. The SMILES string of the molecule is CCCCc1cn(C2CCCCC2C)c(=O)n1Cc1ccc(-c2ccccc2-c2nnn[nH]2)nc1. The Labute approximate surface area is 205 Å². The lowest BCUT2D eigenvalue weighted by atomic mass is 9.86.